The van der Waals surface area contributed by atoms with E-state index in [-0.39, 0.29) is 24.3 Å². The van der Waals surface area contributed by atoms with Gasteiger partial charge >= 0.3 is 0 Å². The second kappa shape index (κ2) is 3.05. The van der Waals surface area contributed by atoms with Gasteiger partial charge in [0.05, 0.1) is 6.54 Å². The van der Waals surface area contributed by atoms with Gasteiger partial charge in [0.15, 0.2) is 0 Å². The van der Waals surface area contributed by atoms with Crippen molar-refractivity contribution in [2.45, 2.75) is 32.2 Å². The molecule has 0 aromatic rings. The van der Waals surface area contributed by atoms with Gasteiger partial charge in [0, 0.05) is 5.92 Å². The molecule has 2 amide bonds. The van der Waals surface area contributed by atoms with Gasteiger partial charge < -0.3 is 4.90 Å². The van der Waals surface area contributed by atoms with Crippen molar-refractivity contribution < 1.29 is 9.59 Å². The minimum absolute atomic E-state index is 0.119. The lowest BCUT2D eigenvalue weighted by atomic mass is 9.98. The molecule has 2 fully saturated rings. The molecule has 0 aromatic carbocycles. The van der Waals surface area contributed by atoms with E-state index in [0.29, 0.717) is 5.84 Å². The molecule has 1 heterocycles. The van der Waals surface area contributed by atoms with Crippen molar-refractivity contribution in [3.63, 3.8) is 0 Å². The zero-order valence-corrected chi connectivity index (χ0v) is 8.96. The molecule has 5 heteroatoms. The van der Waals surface area contributed by atoms with Crippen molar-refractivity contribution in [1.82, 2.24) is 10.2 Å². The number of nitrogens with one attached hydrogen (secondary N) is 2. The first kappa shape index (κ1) is 10.1. The summed E-state index contributed by atoms with van der Waals surface area (Å²) in [5.74, 6) is 0.0556. The van der Waals surface area contributed by atoms with Gasteiger partial charge in [0.25, 0.3) is 5.91 Å². The highest BCUT2D eigenvalue weighted by Crippen LogP contribution is 2.34. The van der Waals surface area contributed by atoms with E-state index in [1.165, 1.54) is 0 Å². The van der Waals surface area contributed by atoms with E-state index in [0.717, 1.165) is 12.8 Å². The molecule has 0 atom stereocenters. The average molecular weight is 209 g/mol. The smallest absolute Gasteiger partial charge is 0.251 e. The minimum Gasteiger partial charge on any atom is -0.337 e. The summed E-state index contributed by atoms with van der Waals surface area (Å²) in [5, 5.41) is 10.2. The summed E-state index contributed by atoms with van der Waals surface area (Å²) in [4.78, 5) is 24.5. The Morgan fingerprint density at radius 2 is 2.07 bits per heavy atom. The molecule has 1 saturated carbocycles. The summed E-state index contributed by atoms with van der Waals surface area (Å²) in [7, 11) is 0. The molecule has 82 valence electrons. The van der Waals surface area contributed by atoms with Gasteiger partial charge in [0.1, 0.15) is 11.4 Å². The van der Waals surface area contributed by atoms with Crippen LogP contribution in [-0.4, -0.2) is 34.6 Å². The van der Waals surface area contributed by atoms with Crippen LogP contribution in [0, 0.1) is 11.3 Å². The number of carbonyl (C=O) groups excluding carboxylic acids is 2. The fourth-order valence-corrected chi connectivity index (χ4v) is 1.75. The summed E-state index contributed by atoms with van der Waals surface area (Å²) < 4.78 is 0. The van der Waals surface area contributed by atoms with Gasteiger partial charge in [0.2, 0.25) is 5.91 Å². The quantitative estimate of drug-likeness (QED) is 0.366. The van der Waals surface area contributed by atoms with Crippen molar-refractivity contribution in [2.75, 3.05) is 6.54 Å². The maximum absolute atomic E-state index is 11.6. The number of imide groups is 1. The molecule has 2 aliphatic rings. The summed E-state index contributed by atoms with van der Waals surface area (Å²) in [6, 6.07) is 0. The molecule has 1 aliphatic heterocycles. The summed E-state index contributed by atoms with van der Waals surface area (Å²) in [6.07, 6.45) is 2.00. The minimum atomic E-state index is -0.784. The highest BCUT2D eigenvalue weighted by molar-refractivity contribution is 6.06. The molecule has 0 aromatic heterocycles. The summed E-state index contributed by atoms with van der Waals surface area (Å²) in [5.41, 5.74) is -0.784. The Morgan fingerprint density at radius 1 is 1.47 bits per heavy atom. The lowest BCUT2D eigenvalue weighted by Crippen LogP contribution is -2.65. The van der Waals surface area contributed by atoms with E-state index in [1.807, 2.05) is 0 Å². The second-order valence-electron chi connectivity index (χ2n) is 4.68. The number of nitrogens with zero attached hydrogens (tertiary/aromatic N) is 1. The predicted octanol–water partition coefficient (Wildman–Crippen LogP) is 0.111. The SMILES string of the molecule is CC1(C)C(=O)NC(=O)CN1C(=N)C1CC1. The van der Waals surface area contributed by atoms with Gasteiger partial charge in [-0.3, -0.25) is 20.3 Å². The van der Waals surface area contributed by atoms with Gasteiger partial charge in [-0.2, -0.15) is 0 Å². The Kier molecular flexibility index (Phi) is 2.06. The molecule has 5 nitrogen and oxygen atoms in total. The zero-order valence-electron chi connectivity index (χ0n) is 8.96. The lowest BCUT2D eigenvalue weighted by molar-refractivity contribution is -0.142. The summed E-state index contributed by atoms with van der Waals surface area (Å²) >= 11 is 0. The first-order valence-electron chi connectivity index (χ1n) is 5.13. The summed E-state index contributed by atoms with van der Waals surface area (Å²) in [6.45, 7) is 3.60. The maximum atomic E-state index is 11.6. The first-order valence-corrected chi connectivity index (χ1v) is 5.13. The molecule has 0 radical (unpaired) electrons. The van der Waals surface area contributed by atoms with Crippen molar-refractivity contribution >= 4 is 17.6 Å². The van der Waals surface area contributed by atoms with E-state index in [2.05, 4.69) is 5.32 Å². The van der Waals surface area contributed by atoms with Crippen LogP contribution in [0.15, 0.2) is 0 Å². The Labute approximate surface area is 88.3 Å². The van der Waals surface area contributed by atoms with Gasteiger partial charge in [-0.1, -0.05) is 0 Å². The van der Waals surface area contributed by atoms with Crippen LogP contribution < -0.4 is 5.32 Å². The van der Waals surface area contributed by atoms with Crippen LogP contribution in [-0.2, 0) is 9.59 Å². The number of amidine groups is 1. The van der Waals surface area contributed by atoms with E-state index in [1.54, 1.807) is 18.7 Å². The maximum Gasteiger partial charge on any atom is 0.251 e. The van der Waals surface area contributed by atoms with Crippen LogP contribution in [0.2, 0.25) is 0 Å². The zero-order chi connectivity index (χ0) is 11.2. The third-order valence-corrected chi connectivity index (χ3v) is 3.04. The van der Waals surface area contributed by atoms with Crippen LogP contribution in [0.5, 0.6) is 0 Å². The fourth-order valence-electron chi connectivity index (χ4n) is 1.75. The number of rotatable bonds is 1. The number of carbonyl (C=O) groups is 2. The molecule has 1 aliphatic carbocycles. The second-order valence-corrected chi connectivity index (χ2v) is 4.68. The molecule has 2 rings (SSSR count). The Hall–Kier alpha value is -1.39. The standard InChI is InChI=1S/C10H15N3O2/c1-10(2)9(15)12-7(14)5-13(10)8(11)6-3-4-6/h6,11H,3-5H2,1-2H3,(H,12,14,15). The molecule has 2 N–H and O–H groups in total. The molecular formula is C10H15N3O2. The van der Waals surface area contributed by atoms with Gasteiger partial charge in [-0.05, 0) is 26.7 Å². The third kappa shape index (κ3) is 1.62. The highest BCUT2D eigenvalue weighted by atomic mass is 16.2. The molecule has 0 unspecified atom stereocenters. The van der Waals surface area contributed by atoms with E-state index < -0.39 is 5.54 Å². The molecular weight excluding hydrogens is 194 g/mol. The van der Waals surface area contributed by atoms with Gasteiger partial charge in [-0.25, -0.2) is 0 Å². The Balaban J connectivity index is 2.23. The molecule has 15 heavy (non-hydrogen) atoms. The van der Waals surface area contributed by atoms with Crippen LogP contribution in [0.4, 0.5) is 0 Å². The van der Waals surface area contributed by atoms with E-state index >= 15 is 0 Å². The molecule has 0 bridgehead atoms. The van der Waals surface area contributed by atoms with Crippen molar-refractivity contribution in [3.8, 4) is 0 Å². The number of amides is 2. The number of hydrogen-bond donors (Lipinski definition) is 2. The highest BCUT2D eigenvalue weighted by Gasteiger charge is 2.45. The van der Waals surface area contributed by atoms with Crippen LogP contribution in [0.1, 0.15) is 26.7 Å². The van der Waals surface area contributed by atoms with Gasteiger partial charge in [-0.15, -0.1) is 0 Å². The topological polar surface area (TPSA) is 73.3 Å². The van der Waals surface area contributed by atoms with Crippen LogP contribution >= 0.6 is 0 Å². The van der Waals surface area contributed by atoms with Crippen LogP contribution in [0.3, 0.4) is 0 Å². The predicted molar refractivity (Wildman–Crippen MR) is 54.4 cm³/mol. The first-order chi connectivity index (χ1) is 6.93. The number of hydrogen-bond acceptors (Lipinski definition) is 3. The Bertz CT molecular complexity index is 345. The Morgan fingerprint density at radius 3 is 2.60 bits per heavy atom. The van der Waals surface area contributed by atoms with Crippen molar-refractivity contribution in [1.29, 1.82) is 5.41 Å². The fraction of sp³-hybridized carbons (Fsp3) is 0.700. The largest absolute Gasteiger partial charge is 0.337 e. The lowest BCUT2D eigenvalue weighted by Gasteiger charge is -2.41. The van der Waals surface area contributed by atoms with E-state index in [9.17, 15) is 9.59 Å². The van der Waals surface area contributed by atoms with E-state index in [4.69, 9.17) is 5.41 Å². The average Bonchev–Trinajstić information content (AvgIpc) is 2.93. The monoisotopic (exact) mass is 209 g/mol. The third-order valence-electron chi connectivity index (χ3n) is 3.04. The normalized spacial score (nSPS) is 25.1. The van der Waals surface area contributed by atoms with Crippen molar-refractivity contribution in [3.05, 3.63) is 0 Å². The molecule has 0 spiro atoms. The molecule has 1 saturated heterocycles. The van der Waals surface area contributed by atoms with Crippen LogP contribution in [0.25, 0.3) is 0 Å². The number of piperazine rings is 1. The van der Waals surface area contributed by atoms with Crippen molar-refractivity contribution in [2.24, 2.45) is 5.92 Å².